The van der Waals surface area contributed by atoms with Gasteiger partial charge in [0.05, 0.1) is 0 Å². The zero-order valence-electron chi connectivity index (χ0n) is 17.1. The smallest absolute Gasteiger partial charge is 0.0361 e. The van der Waals surface area contributed by atoms with E-state index in [-0.39, 0.29) is 5.41 Å². The summed E-state index contributed by atoms with van der Waals surface area (Å²) in [5.74, 6) is 0. The molecule has 0 bridgehead atoms. The molecule has 0 saturated carbocycles. The monoisotopic (exact) mass is 392 g/mol. The lowest BCUT2D eigenvalue weighted by molar-refractivity contribution is 0.594. The molecule has 1 aromatic heterocycles. The third-order valence-corrected chi connectivity index (χ3v) is 6.73. The zero-order valence-corrected chi connectivity index (χ0v) is 17.9. The minimum absolute atomic E-state index is 0.0236. The van der Waals surface area contributed by atoms with E-state index in [0.29, 0.717) is 0 Å². The van der Waals surface area contributed by atoms with Crippen molar-refractivity contribution in [3.05, 3.63) is 96.6 Å². The van der Waals surface area contributed by atoms with Crippen molar-refractivity contribution in [1.82, 2.24) is 0 Å². The third-order valence-electron chi connectivity index (χ3n) is 5.59. The number of thiophene rings is 1. The van der Waals surface area contributed by atoms with Crippen LogP contribution in [0, 0.1) is 0 Å². The lowest BCUT2D eigenvalue weighted by Crippen LogP contribution is -2.14. The van der Waals surface area contributed by atoms with Crippen molar-refractivity contribution in [3.8, 4) is 22.3 Å². The van der Waals surface area contributed by atoms with E-state index in [9.17, 15) is 0 Å². The van der Waals surface area contributed by atoms with Crippen molar-refractivity contribution >= 4 is 31.5 Å². The molecule has 0 unspecified atom stereocenters. The van der Waals surface area contributed by atoms with Crippen LogP contribution < -0.4 is 0 Å². The molecule has 0 aliphatic rings. The summed E-state index contributed by atoms with van der Waals surface area (Å²) in [5.41, 5.74) is 6.72. The molecule has 0 fully saturated rings. The first-order valence-corrected chi connectivity index (χ1v) is 11.0. The first-order chi connectivity index (χ1) is 14.0. The van der Waals surface area contributed by atoms with Gasteiger partial charge in [0.2, 0.25) is 0 Å². The second-order valence-corrected chi connectivity index (χ2v) is 9.70. The Morgan fingerprint density at radius 3 is 1.97 bits per heavy atom. The summed E-state index contributed by atoms with van der Waals surface area (Å²) in [6, 6.07) is 33.1. The molecule has 0 radical (unpaired) electrons. The standard InChI is InChI=1S/C28H24S/c1-28(2,3)27-20(19-11-5-4-6-12-19)14-9-16-22(27)21-15-10-18-25-26(21)23-13-7-8-17-24(23)29-25/h4-18H,1-3H3. The SMILES string of the molecule is CC(C)(C)c1c(-c2ccccc2)cccc1-c1cccc2sc3ccccc3c12. The lowest BCUT2D eigenvalue weighted by atomic mass is 9.77. The van der Waals surface area contributed by atoms with Crippen molar-refractivity contribution in [2.24, 2.45) is 0 Å². The first-order valence-electron chi connectivity index (χ1n) is 10.1. The van der Waals surface area contributed by atoms with Gasteiger partial charge in [-0.3, -0.25) is 0 Å². The molecule has 0 aliphatic carbocycles. The molecule has 5 aromatic rings. The maximum absolute atomic E-state index is 2.32. The van der Waals surface area contributed by atoms with Gasteiger partial charge in [0.25, 0.3) is 0 Å². The second kappa shape index (κ2) is 6.86. The van der Waals surface area contributed by atoms with Crippen LogP contribution >= 0.6 is 11.3 Å². The van der Waals surface area contributed by atoms with E-state index < -0.39 is 0 Å². The number of rotatable bonds is 2. The molecule has 0 amide bonds. The Morgan fingerprint density at radius 2 is 1.17 bits per heavy atom. The average Bonchev–Trinajstić information content (AvgIpc) is 3.12. The van der Waals surface area contributed by atoms with E-state index in [1.807, 2.05) is 11.3 Å². The van der Waals surface area contributed by atoms with Crippen molar-refractivity contribution in [2.45, 2.75) is 26.2 Å². The van der Waals surface area contributed by atoms with Gasteiger partial charge in [0.1, 0.15) is 0 Å². The molecule has 5 rings (SSSR count). The van der Waals surface area contributed by atoms with Crippen LogP contribution in [0.15, 0.2) is 91.0 Å². The van der Waals surface area contributed by atoms with Crippen LogP contribution in [-0.2, 0) is 5.41 Å². The normalized spacial score (nSPS) is 12.0. The highest BCUT2D eigenvalue weighted by atomic mass is 32.1. The number of hydrogen-bond acceptors (Lipinski definition) is 1. The second-order valence-electron chi connectivity index (χ2n) is 8.62. The van der Waals surface area contributed by atoms with Crippen molar-refractivity contribution in [1.29, 1.82) is 0 Å². The van der Waals surface area contributed by atoms with Crippen molar-refractivity contribution in [2.75, 3.05) is 0 Å². The van der Waals surface area contributed by atoms with Crippen LogP contribution in [0.2, 0.25) is 0 Å². The van der Waals surface area contributed by atoms with E-state index in [1.165, 1.54) is 48.0 Å². The van der Waals surface area contributed by atoms with Crippen LogP contribution in [0.5, 0.6) is 0 Å². The molecule has 0 atom stereocenters. The molecule has 0 aliphatic heterocycles. The Balaban J connectivity index is 1.89. The van der Waals surface area contributed by atoms with Gasteiger partial charge in [-0.05, 0) is 45.4 Å². The molecule has 0 spiro atoms. The minimum atomic E-state index is 0.0236. The van der Waals surface area contributed by atoms with Crippen LogP contribution in [-0.4, -0.2) is 0 Å². The summed E-state index contributed by atoms with van der Waals surface area (Å²) < 4.78 is 2.71. The minimum Gasteiger partial charge on any atom is -0.135 e. The topological polar surface area (TPSA) is 0 Å². The predicted octanol–water partition coefficient (Wildman–Crippen LogP) is 8.69. The molecule has 0 nitrogen and oxygen atoms in total. The van der Waals surface area contributed by atoms with Gasteiger partial charge in [-0.25, -0.2) is 0 Å². The van der Waals surface area contributed by atoms with Crippen LogP contribution in [0.3, 0.4) is 0 Å². The molecule has 29 heavy (non-hydrogen) atoms. The van der Waals surface area contributed by atoms with Crippen molar-refractivity contribution < 1.29 is 0 Å². The number of fused-ring (bicyclic) bond motifs is 3. The van der Waals surface area contributed by atoms with Crippen LogP contribution in [0.4, 0.5) is 0 Å². The summed E-state index contributed by atoms with van der Waals surface area (Å²) in [7, 11) is 0. The highest BCUT2D eigenvalue weighted by Crippen LogP contribution is 2.45. The van der Waals surface area contributed by atoms with Crippen molar-refractivity contribution in [3.63, 3.8) is 0 Å². The molecule has 4 aromatic carbocycles. The Morgan fingerprint density at radius 1 is 0.552 bits per heavy atom. The molecule has 1 heteroatoms. The fourth-order valence-corrected chi connectivity index (χ4v) is 5.57. The Bertz CT molecular complexity index is 1320. The maximum Gasteiger partial charge on any atom is 0.0361 e. The summed E-state index contributed by atoms with van der Waals surface area (Å²) in [4.78, 5) is 0. The highest BCUT2D eigenvalue weighted by Gasteiger charge is 2.24. The summed E-state index contributed by atoms with van der Waals surface area (Å²) in [6.07, 6.45) is 0. The van der Waals surface area contributed by atoms with E-state index in [0.717, 1.165) is 0 Å². The summed E-state index contributed by atoms with van der Waals surface area (Å²) >= 11 is 1.88. The Hall–Kier alpha value is -2.90. The van der Waals surface area contributed by atoms with E-state index in [4.69, 9.17) is 0 Å². The van der Waals surface area contributed by atoms with E-state index >= 15 is 0 Å². The maximum atomic E-state index is 2.32. The summed E-state index contributed by atoms with van der Waals surface area (Å²) in [5, 5.41) is 2.73. The molecule has 1 heterocycles. The molecule has 0 N–H and O–H groups in total. The van der Waals surface area contributed by atoms with Gasteiger partial charge >= 0.3 is 0 Å². The van der Waals surface area contributed by atoms with Gasteiger partial charge < -0.3 is 0 Å². The van der Waals surface area contributed by atoms with Gasteiger partial charge in [0.15, 0.2) is 0 Å². The van der Waals surface area contributed by atoms with Gasteiger partial charge in [-0.1, -0.05) is 99.6 Å². The van der Waals surface area contributed by atoms with Crippen LogP contribution in [0.1, 0.15) is 26.3 Å². The fourth-order valence-electron chi connectivity index (χ4n) is 4.44. The summed E-state index contributed by atoms with van der Waals surface area (Å²) in [6.45, 7) is 6.97. The van der Waals surface area contributed by atoms with Gasteiger partial charge in [0, 0.05) is 20.2 Å². The van der Waals surface area contributed by atoms with Gasteiger partial charge in [-0.15, -0.1) is 11.3 Å². The van der Waals surface area contributed by atoms with Gasteiger partial charge in [-0.2, -0.15) is 0 Å². The third kappa shape index (κ3) is 3.07. The number of hydrogen-bond donors (Lipinski definition) is 0. The largest absolute Gasteiger partial charge is 0.135 e. The average molecular weight is 393 g/mol. The molecular formula is C28H24S. The first kappa shape index (κ1) is 18.1. The van der Waals surface area contributed by atoms with E-state index in [1.54, 1.807) is 0 Å². The molecular weight excluding hydrogens is 368 g/mol. The molecule has 142 valence electrons. The Kier molecular flexibility index (Phi) is 4.29. The highest BCUT2D eigenvalue weighted by molar-refractivity contribution is 7.25. The Labute approximate surface area is 176 Å². The molecule has 0 saturated heterocycles. The predicted molar refractivity (Wildman–Crippen MR) is 129 cm³/mol. The lowest BCUT2D eigenvalue weighted by Gasteiger charge is -2.27. The fraction of sp³-hybridized carbons (Fsp3) is 0.143. The van der Waals surface area contributed by atoms with E-state index in [2.05, 4.69) is 112 Å². The number of benzene rings is 4. The quantitative estimate of drug-likeness (QED) is 0.282. The zero-order chi connectivity index (χ0) is 20.0. The van der Waals surface area contributed by atoms with Crippen LogP contribution in [0.25, 0.3) is 42.4 Å².